The molecule has 1 saturated heterocycles. The second kappa shape index (κ2) is 8.01. The molecule has 2 unspecified atom stereocenters. The maximum atomic E-state index is 14.4. The Morgan fingerprint density at radius 2 is 1.68 bits per heavy atom. The molecule has 3 rings (SSSR count). The number of rotatable bonds is 5. The van der Waals surface area contributed by atoms with E-state index in [1.165, 1.54) is 43.3 Å². The second-order valence-corrected chi connectivity index (χ2v) is 7.73. The van der Waals surface area contributed by atoms with Gasteiger partial charge in [0.15, 0.2) is 11.6 Å². The van der Waals surface area contributed by atoms with E-state index in [9.17, 15) is 32.9 Å². The van der Waals surface area contributed by atoms with Crippen molar-refractivity contribution in [2.75, 3.05) is 14.1 Å². The number of nitro benzene ring substituents is 1. The lowest BCUT2D eigenvalue weighted by atomic mass is 9.85. The quantitative estimate of drug-likeness (QED) is 0.534. The first kappa shape index (κ1) is 22.3. The normalized spacial score (nSPS) is 21.5. The summed E-state index contributed by atoms with van der Waals surface area (Å²) in [6.45, 7) is 1.55. The van der Waals surface area contributed by atoms with Crippen LogP contribution in [0.2, 0.25) is 0 Å². The summed E-state index contributed by atoms with van der Waals surface area (Å²) in [6, 6.07) is 5.70. The molecule has 31 heavy (non-hydrogen) atoms. The van der Waals surface area contributed by atoms with E-state index >= 15 is 0 Å². The Morgan fingerprint density at radius 1 is 1.06 bits per heavy atom. The lowest BCUT2D eigenvalue weighted by Crippen LogP contribution is -2.69. The molecule has 0 spiro atoms. The topological polar surface area (TPSA) is 83.8 Å². The number of carbonyl (C=O) groups is 2. The van der Waals surface area contributed by atoms with E-state index in [1.807, 2.05) is 0 Å². The average Bonchev–Trinajstić information content (AvgIpc) is 2.73. The predicted octanol–water partition coefficient (Wildman–Crippen LogP) is 2.86. The molecule has 2 amide bonds. The number of likely N-dealkylation sites (N-methyl/N-ethyl adjacent to an activating group) is 2. The highest BCUT2D eigenvalue weighted by atomic mass is 19.2. The summed E-state index contributed by atoms with van der Waals surface area (Å²) in [6.07, 6.45) is -0.460. The van der Waals surface area contributed by atoms with Crippen molar-refractivity contribution < 1.29 is 27.7 Å². The highest BCUT2D eigenvalue weighted by Crippen LogP contribution is 2.32. The van der Waals surface area contributed by atoms with Gasteiger partial charge in [-0.15, -0.1) is 0 Å². The summed E-state index contributed by atoms with van der Waals surface area (Å²) in [5.74, 6) is -4.21. The largest absolute Gasteiger partial charge is 0.331 e. The van der Waals surface area contributed by atoms with E-state index in [2.05, 4.69) is 0 Å². The van der Waals surface area contributed by atoms with Gasteiger partial charge in [-0.1, -0.05) is 12.1 Å². The van der Waals surface area contributed by atoms with Gasteiger partial charge in [0.1, 0.15) is 17.4 Å². The van der Waals surface area contributed by atoms with Crippen LogP contribution >= 0.6 is 0 Å². The number of carbonyl (C=O) groups excluding carboxylic acids is 2. The van der Waals surface area contributed by atoms with E-state index < -0.39 is 63.4 Å². The van der Waals surface area contributed by atoms with E-state index in [1.54, 1.807) is 6.92 Å². The molecule has 1 heterocycles. The second-order valence-electron chi connectivity index (χ2n) is 7.73. The van der Waals surface area contributed by atoms with Gasteiger partial charge in [-0.2, -0.15) is 0 Å². The van der Waals surface area contributed by atoms with E-state index in [4.69, 9.17) is 0 Å². The minimum atomic E-state index is -1.43. The predicted molar refractivity (Wildman–Crippen MR) is 105 cm³/mol. The molecule has 0 bridgehead atoms. The van der Waals surface area contributed by atoms with Crippen molar-refractivity contribution in [2.45, 2.75) is 31.3 Å². The van der Waals surface area contributed by atoms with Crippen LogP contribution in [0.15, 0.2) is 36.4 Å². The maximum absolute atomic E-state index is 14.4. The maximum Gasteiger partial charge on any atom is 0.275 e. The van der Waals surface area contributed by atoms with Gasteiger partial charge in [-0.05, 0) is 30.7 Å². The molecular formula is C21H20F3N3O4. The SMILES string of the molecule is CN1C(=O)C(C)(Cc2ccc(F)cc2)N(C)C(=O)C1Cc1c([N+](=O)[O-])ccc(F)c1F. The Bertz CT molecular complexity index is 1060. The Balaban J connectivity index is 1.95. The molecule has 7 nitrogen and oxygen atoms in total. The van der Waals surface area contributed by atoms with Crippen LogP contribution < -0.4 is 0 Å². The van der Waals surface area contributed by atoms with Gasteiger partial charge in [-0.25, -0.2) is 13.2 Å². The van der Waals surface area contributed by atoms with Crippen molar-refractivity contribution in [1.82, 2.24) is 9.80 Å². The molecule has 164 valence electrons. The monoisotopic (exact) mass is 435 g/mol. The van der Waals surface area contributed by atoms with Crippen LogP contribution in [0.1, 0.15) is 18.1 Å². The number of hydrogen-bond donors (Lipinski definition) is 0. The van der Waals surface area contributed by atoms with Crippen LogP contribution in [0.3, 0.4) is 0 Å². The molecule has 0 aromatic heterocycles. The minimum absolute atomic E-state index is 0.0971. The standard InChI is InChI=1S/C21H20F3N3O4/c1-21(11-12-4-6-13(22)7-5-12)20(29)25(2)17(19(28)26(21)3)10-14-16(27(30)31)9-8-15(23)18(14)24/h4-9,17H,10-11H2,1-3H3. The summed E-state index contributed by atoms with van der Waals surface area (Å²) in [5.41, 5.74) is -1.95. The fraction of sp³-hybridized carbons (Fsp3) is 0.333. The molecule has 0 saturated carbocycles. The summed E-state index contributed by atoms with van der Waals surface area (Å²) >= 11 is 0. The molecule has 0 radical (unpaired) electrons. The molecular weight excluding hydrogens is 415 g/mol. The third-order valence-electron chi connectivity index (χ3n) is 5.83. The Kier molecular flexibility index (Phi) is 5.75. The van der Waals surface area contributed by atoms with Gasteiger partial charge < -0.3 is 9.80 Å². The molecule has 1 fully saturated rings. The summed E-state index contributed by atoms with van der Waals surface area (Å²) in [7, 11) is 2.74. The first-order valence-corrected chi connectivity index (χ1v) is 9.38. The van der Waals surface area contributed by atoms with Crippen molar-refractivity contribution in [2.24, 2.45) is 0 Å². The van der Waals surface area contributed by atoms with Crippen molar-refractivity contribution in [1.29, 1.82) is 0 Å². The highest BCUT2D eigenvalue weighted by Gasteiger charge is 2.51. The third-order valence-corrected chi connectivity index (χ3v) is 5.83. The third kappa shape index (κ3) is 3.85. The lowest BCUT2D eigenvalue weighted by molar-refractivity contribution is -0.385. The van der Waals surface area contributed by atoms with Gasteiger partial charge in [0.25, 0.3) is 5.69 Å². The highest BCUT2D eigenvalue weighted by molar-refractivity contribution is 5.99. The first-order valence-electron chi connectivity index (χ1n) is 9.38. The van der Waals surface area contributed by atoms with Gasteiger partial charge in [0, 0.05) is 33.0 Å². The van der Waals surface area contributed by atoms with Crippen molar-refractivity contribution in [3.8, 4) is 0 Å². The lowest BCUT2D eigenvalue weighted by Gasteiger charge is -2.48. The number of nitro groups is 1. The Labute approximate surface area is 176 Å². The summed E-state index contributed by atoms with van der Waals surface area (Å²) in [5, 5.41) is 11.3. The van der Waals surface area contributed by atoms with Crippen molar-refractivity contribution in [3.05, 3.63) is 75.1 Å². The Morgan fingerprint density at radius 3 is 2.26 bits per heavy atom. The molecule has 2 aromatic carbocycles. The molecule has 2 atom stereocenters. The zero-order valence-corrected chi connectivity index (χ0v) is 17.1. The molecule has 10 heteroatoms. The Hall–Kier alpha value is -3.43. The van der Waals surface area contributed by atoms with Gasteiger partial charge in [-0.3, -0.25) is 19.7 Å². The van der Waals surface area contributed by atoms with Crippen LogP contribution in [-0.4, -0.2) is 52.2 Å². The zero-order valence-electron chi connectivity index (χ0n) is 17.1. The van der Waals surface area contributed by atoms with Gasteiger partial charge >= 0.3 is 0 Å². The smallest absolute Gasteiger partial charge is 0.275 e. The first-order chi connectivity index (χ1) is 14.5. The van der Waals surface area contributed by atoms with E-state index in [0.717, 1.165) is 11.0 Å². The molecule has 2 aromatic rings. The van der Waals surface area contributed by atoms with Gasteiger partial charge in [0.2, 0.25) is 11.8 Å². The number of halogens is 3. The van der Waals surface area contributed by atoms with Gasteiger partial charge in [0.05, 0.1) is 10.5 Å². The fourth-order valence-electron chi connectivity index (χ4n) is 3.86. The minimum Gasteiger partial charge on any atom is -0.331 e. The number of nitrogens with zero attached hydrogens (tertiary/aromatic N) is 3. The number of benzene rings is 2. The van der Waals surface area contributed by atoms with Crippen LogP contribution in [-0.2, 0) is 22.4 Å². The number of piperazine rings is 1. The molecule has 0 N–H and O–H groups in total. The zero-order chi connectivity index (χ0) is 23.1. The van der Waals surface area contributed by atoms with Crippen LogP contribution in [0, 0.1) is 27.6 Å². The summed E-state index contributed by atoms with van der Waals surface area (Å²) < 4.78 is 41.3. The number of amides is 2. The molecule has 1 aliphatic rings. The summed E-state index contributed by atoms with van der Waals surface area (Å²) in [4.78, 5) is 39.0. The van der Waals surface area contributed by atoms with E-state index in [0.29, 0.717) is 11.6 Å². The average molecular weight is 435 g/mol. The molecule has 1 aliphatic heterocycles. The van der Waals surface area contributed by atoms with Crippen LogP contribution in [0.25, 0.3) is 0 Å². The fourth-order valence-corrected chi connectivity index (χ4v) is 3.86. The van der Waals surface area contributed by atoms with E-state index in [-0.39, 0.29) is 6.42 Å². The van der Waals surface area contributed by atoms with Crippen LogP contribution in [0.5, 0.6) is 0 Å². The van der Waals surface area contributed by atoms with Crippen molar-refractivity contribution >= 4 is 17.5 Å². The molecule has 0 aliphatic carbocycles. The van der Waals surface area contributed by atoms with Crippen molar-refractivity contribution in [3.63, 3.8) is 0 Å². The van der Waals surface area contributed by atoms with Crippen LogP contribution in [0.4, 0.5) is 18.9 Å². The number of hydrogen-bond acceptors (Lipinski definition) is 4.